The van der Waals surface area contributed by atoms with Crippen LogP contribution in [-0.4, -0.2) is 74.4 Å². The molecule has 4 aromatic rings. The van der Waals surface area contributed by atoms with E-state index in [-0.39, 0.29) is 72.0 Å². The number of nitrogens with two attached hydrogens (primary N) is 2. The summed E-state index contributed by atoms with van der Waals surface area (Å²) in [5.41, 5.74) is 8.78. The minimum atomic E-state index is -4.90. The molecule has 4 N–H and O–H groups in total. The third-order valence-electron chi connectivity index (χ3n) is 9.32. The van der Waals surface area contributed by atoms with Crippen molar-refractivity contribution in [1.29, 1.82) is 0 Å². The molecule has 3 aliphatic heterocycles. The fraction of sp³-hybridized carbons (Fsp3) is 0.452. The molecule has 7 heterocycles. The SMILES string of the molecule is Cc1cc(N)nc(-c2nc3c4c(nc(OC[C@@]56CCCN5CC(F)C6)nc4c2F)N(C(C)c2cccnc2N)CCO3)c1C(F)(F)F. The van der Waals surface area contributed by atoms with Crippen LogP contribution in [0.2, 0.25) is 0 Å². The molecule has 7 rings (SSSR count). The first-order valence-corrected chi connectivity index (χ1v) is 15.2. The predicted octanol–water partition coefficient (Wildman–Crippen LogP) is 5.03. The van der Waals surface area contributed by atoms with E-state index in [1.165, 1.54) is 6.92 Å². The Labute approximate surface area is 266 Å². The maximum absolute atomic E-state index is 16.7. The first kappa shape index (κ1) is 31.0. The minimum Gasteiger partial charge on any atom is -0.475 e. The Morgan fingerprint density at radius 2 is 1.96 bits per heavy atom. The molecule has 0 aromatic carbocycles. The van der Waals surface area contributed by atoms with Crippen molar-refractivity contribution in [2.45, 2.75) is 57.0 Å². The highest BCUT2D eigenvalue weighted by Gasteiger charge is 2.49. The number of nitrogens with zero attached hydrogens (tertiary/aromatic N) is 7. The summed E-state index contributed by atoms with van der Waals surface area (Å²) in [6, 6.07) is 3.89. The molecule has 2 unspecified atom stereocenters. The topological polar surface area (TPSA) is 141 Å². The number of aromatic nitrogens is 5. The van der Waals surface area contributed by atoms with Gasteiger partial charge in [-0.25, -0.2) is 23.7 Å². The molecule has 2 fully saturated rings. The van der Waals surface area contributed by atoms with Crippen LogP contribution in [0.1, 0.15) is 48.9 Å². The van der Waals surface area contributed by atoms with E-state index >= 15 is 4.39 Å². The van der Waals surface area contributed by atoms with Crippen LogP contribution in [0, 0.1) is 12.7 Å². The van der Waals surface area contributed by atoms with E-state index in [1.807, 2.05) is 11.8 Å². The maximum Gasteiger partial charge on any atom is 0.418 e. The van der Waals surface area contributed by atoms with Crippen molar-refractivity contribution >= 4 is 28.4 Å². The molecule has 47 heavy (non-hydrogen) atoms. The number of fused-ring (bicyclic) bond motifs is 1. The van der Waals surface area contributed by atoms with Gasteiger partial charge in [-0.3, -0.25) is 4.90 Å². The Kier molecular flexibility index (Phi) is 7.44. The van der Waals surface area contributed by atoms with Crippen LogP contribution < -0.4 is 25.8 Å². The van der Waals surface area contributed by atoms with Crippen LogP contribution in [-0.2, 0) is 6.18 Å². The smallest absolute Gasteiger partial charge is 0.418 e. The fourth-order valence-electron chi connectivity index (χ4n) is 7.19. The Bertz CT molecular complexity index is 1880. The number of pyridine rings is 3. The molecule has 0 bridgehead atoms. The summed E-state index contributed by atoms with van der Waals surface area (Å²) in [4.78, 5) is 25.2. The average molecular weight is 658 g/mol. The van der Waals surface area contributed by atoms with Gasteiger partial charge in [0.1, 0.15) is 59.1 Å². The van der Waals surface area contributed by atoms with Gasteiger partial charge < -0.3 is 25.8 Å². The fourth-order valence-corrected chi connectivity index (χ4v) is 7.19. The number of hydrogen-bond acceptors (Lipinski definition) is 11. The van der Waals surface area contributed by atoms with Crippen molar-refractivity contribution in [3.05, 3.63) is 46.9 Å². The van der Waals surface area contributed by atoms with E-state index in [0.717, 1.165) is 19.0 Å². The first-order chi connectivity index (χ1) is 22.4. The highest BCUT2D eigenvalue weighted by atomic mass is 19.4. The lowest BCUT2D eigenvalue weighted by atomic mass is 9.95. The van der Waals surface area contributed by atoms with Crippen molar-refractivity contribution in [3.63, 3.8) is 0 Å². The van der Waals surface area contributed by atoms with E-state index in [2.05, 4.69) is 24.9 Å². The van der Waals surface area contributed by atoms with Gasteiger partial charge in [-0.2, -0.15) is 23.1 Å². The second kappa shape index (κ2) is 11.3. The molecular weight excluding hydrogens is 625 g/mol. The second-order valence-corrected chi connectivity index (χ2v) is 12.3. The quantitative estimate of drug-likeness (QED) is 0.270. The standard InChI is InChI=1S/C31H32F5N9O2/c1-15-11-19(37)40-24(21(15)31(34,35)36)25-22(33)23-20-27(43-29(42-23)47-14-30-6-4-8-44(30)13-17(32)12-30)45(9-10-46-28(20)41-25)16(2)18-5-3-7-39-26(18)38/h3,5,7,11,16-17H,4,6,8-10,12-14H2,1-2H3,(H2,37,40)(H2,38,39)/t16?,17?,30-/m0/s1. The summed E-state index contributed by atoms with van der Waals surface area (Å²) in [6.45, 7) is 4.35. The van der Waals surface area contributed by atoms with Crippen molar-refractivity contribution in [2.75, 3.05) is 49.2 Å². The largest absolute Gasteiger partial charge is 0.475 e. The molecule has 0 saturated carbocycles. The molecule has 11 nitrogen and oxygen atoms in total. The van der Waals surface area contributed by atoms with E-state index in [0.29, 0.717) is 18.5 Å². The number of aryl methyl sites for hydroxylation is 1. The number of hydrogen-bond donors (Lipinski definition) is 2. The van der Waals surface area contributed by atoms with Crippen LogP contribution in [0.5, 0.6) is 11.9 Å². The zero-order valence-corrected chi connectivity index (χ0v) is 25.6. The first-order valence-electron chi connectivity index (χ1n) is 15.2. The zero-order valence-electron chi connectivity index (χ0n) is 25.6. The van der Waals surface area contributed by atoms with E-state index < -0.39 is 46.7 Å². The van der Waals surface area contributed by atoms with Crippen molar-refractivity contribution in [1.82, 2.24) is 29.8 Å². The molecule has 248 valence electrons. The molecule has 2 saturated heterocycles. The number of alkyl halides is 4. The van der Waals surface area contributed by atoms with Crippen LogP contribution in [0.3, 0.4) is 0 Å². The minimum absolute atomic E-state index is 0.00963. The van der Waals surface area contributed by atoms with Gasteiger partial charge >= 0.3 is 12.2 Å². The molecule has 0 spiro atoms. The molecule has 0 radical (unpaired) electrons. The summed E-state index contributed by atoms with van der Waals surface area (Å²) < 4.78 is 86.2. The summed E-state index contributed by atoms with van der Waals surface area (Å²) in [5.74, 6) is -1.17. The molecule has 3 aliphatic rings. The monoisotopic (exact) mass is 657 g/mol. The van der Waals surface area contributed by atoms with Crippen LogP contribution in [0.4, 0.5) is 39.4 Å². The average Bonchev–Trinajstić information content (AvgIpc) is 3.46. The second-order valence-electron chi connectivity index (χ2n) is 12.3. The number of halogens is 5. The van der Waals surface area contributed by atoms with Crippen LogP contribution in [0.15, 0.2) is 24.4 Å². The van der Waals surface area contributed by atoms with Gasteiger partial charge in [-0.1, -0.05) is 6.07 Å². The van der Waals surface area contributed by atoms with Gasteiger partial charge in [0.25, 0.3) is 0 Å². The molecule has 0 amide bonds. The Balaban J connectivity index is 1.43. The summed E-state index contributed by atoms with van der Waals surface area (Å²) in [7, 11) is 0. The third-order valence-corrected chi connectivity index (χ3v) is 9.32. The van der Waals surface area contributed by atoms with Gasteiger partial charge in [0.2, 0.25) is 5.88 Å². The molecule has 3 atom stereocenters. The van der Waals surface area contributed by atoms with Gasteiger partial charge in [-0.05, 0) is 50.9 Å². The lowest BCUT2D eigenvalue weighted by molar-refractivity contribution is -0.137. The highest BCUT2D eigenvalue weighted by molar-refractivity contribution is 5.97. The van der Waals surface area contributed by atoms with Gasteiger partial charge in [0, 0.05) is 24.7 Å². The summed E-state index contributed by atoms with van der Waals surface area (Å²) in [5, 5.41) is 0.0324. The normalized spacial score (nSPS) is 21.9. The number of ether oxygens (including phenoxy) is 2. The van der Waals surface area contributed by atoms with Crippen molar-refractivity contribution < 1.29 is 31.4 Å². The van der Waals surface area contributed by atoms with Gasteiger partial charge in [0.05, 0.1) is 23.7 Å². The number of rotatable bonds is 6. The van der Waals surface area contributed by atoms with Crippen LogP contribution in [0.25, 0.3) is 22.3 Å². The molecular formula is C31H32F5N9O2. The van der Waals surface area contributed by atoms with E-state index in [4.69, 9.17) is 20.9 Å². The predicted molar refractivity (Wildman–Crippen MR) is 163 cm³/mol. The Morgan fingerprint density at radius 1 is 1.15 bits per heavy atom. The lowest BCUT2D eigenvalue weighted by Gasteiger charge is -2.32. The number of anilines is 3. The summed E-state index contributed by atoms with van der Waals surface area (Å²) >= 11 is 0. The Morgan fingerprint density at radius 3 is 2.72 bits per heavy atom. The number of nitrogen functional groups attached to an aromatic ring is 2. The van der Waals surface area contributed by atoms with Crippen molar-refractivity contribution in [3.8, 4) is 23.3 Å². The van der Waals surface area contributed by atoms with Crippen LogP contribution >= 0.6 is 0 Å². The highest BCUT2D eigenvalue weighted by Crippen LogP contribution is 2.45. The maximum atomic E-state index is 16.7. The third kappa shape index (κ3) is 5.27. The van der Waals surface area contributed by atoms with Crippen molar-refractivity contribution in [2.24, 2.45) is 0 Å². The molecule has 16 heteroatoms. The lowest BCUT2D eigenvalue weighted by Crippen LogP contribution is -2.43. The van der Waals surface area contributed by atoms with E-state index in [9.17, 15) is 17.6 Å². The van der Waals surface area contributed by atoms with Gasteiger partial charge in [0.15, 0.2) is 5.82 Å². The van der Waals surface area contributed by atoms with Gasteiger partial charge in [-0.15, -0.1) is 0 Å². The molecule has 0 aliphatic carbocycles. The van der Waals surface area contributed by atoms with E-state index in [1.54, 1.807) is 23.2 Å². The zero-order chi connectivity index (χ0) is 33.2. The summed E-state index contributed by atoms with van der Waals surface area (Å²) in [6.07, 6.45) is -2.50. The molecule has 4 aromatic heterocycles. The Hall–Kier alpha value is -4.60.